The standard InChI is InChI=1S/C49H55ClN6O8S.C49H55ClN6O7S/c1-49(2)16-14-35(43(27-49)33-8-10-36(50)11-9-33)29-54-18-20-55(21-19-54)37-12-13-41(46(24-37)64-39-23-34-15-17-51-47(34)52-28-39)48(57)53-65(60,61)40-25-44(56(58)59)42-22-32(31-63-45(42)26-40)30-62-38-6-4-3-5-7-38;1-49(2)16-14-36(43(28-49)34-8-10-37(50)11-9-34)30-54-18-20-55(21-19-54)38-12-13-41(46(25-38)63-39-24-35-15-17-51-47(35)52-29-39)48(57)53-64(60,61)40-26-44(56(58)59)42-23-33(31-62-45(42)27-40)22-32-6-4-3-5-7-32/h8-13,15,17,23-26,28,32,38H,3-7,14,16,18-22,27,29-31H2,1-2H3,(H,51,52)(H,53,57);8-13,15,17,24-27,29,32-33H,3-7,14,16,18-23,28,30-31H2,1-2H3,(H,51,52)(H,53,57)/t32-;33-/m01/s1. The number of nitrogens with zero attached hydrogens (tertiary/aromatic N) is 8. The van der Waals surface area contributed by atoms with Crippen LogP contribution >= 0.6 is 23.2 Å². The number of piperazine rings is 2. The highest BCUT2D eigenvalue weighted by Gasteiger charge is 2.39. The first-order valence-electron chi connectivity index (χ1n) is 45.1. The number of fused-ring (bicyclic) bond motifs is 4. The van der Waals surface area contributed by atoms with E-state index in [4.69, 9.17) is 46.9 Å². The van der Waals surface area contributed by atoms with Gasteiger partial charge in [-0.05, 0) is 188 Å². The third-order valence-electron chi connectivity index (χ3n) is 26.9. The number of H-pyrrole nitrogens is 2. The Bertz CT molecular complexity index is 6170. The topological polar surface area (TPSA) is 329 Å². The highest BCUT2D eigenvalue weighted by molar-refractivity contribution is 7.90. The molecule has 678 valence electrons. The molecule has 8 aliphatic rings. The smallest absolute Gasteiger partial charge is 0.277 e. The highest BCUT2D eigenvalue weighted by Crippen LogP contribution is 2.48. The molecule has 4 aliphatic carbocycles. The number of hydrogen-bond acceptors (Lipinski definition) is 21. The van der Waals surface area contributed by atoms with Gasteiger partial charge in [0.15, 0.2) is 0 Å². The maximum absolute atomic E-state index is 14.1. The lowest BCUT2D eigenvalue weighted by Crippen LogP contribution is -2.47. The molecule has 0 bridgehead atoms. The highest BCUT2D eigenvalue weighted by atomic mass is 35.5. The van der Waals surface area contributed by atoms with Crippen molar-refractivity contribution in [3.8, 4) is 34.5 Å². The second-order valence-corrected chi connectivity index (χ2v) is 41.7. The zero-order chi connectivity index (χ0) is 89.9. The van der Waals surface area contributed by atoms with Crippen LogP contribution in [0.1, 0.15) is 180 Å². The number of anilines is 2. The van der Waals surface area contributed by atoms with Gasteiger partial charge in [-0.15, -0.1) is 0 Å². The van der Waals surface area contributed by atoms with Crippen molar-refractivity contribution < 1.29 is 60.0 Å². The number of halogens is 2. The van der Waals surface area contributed by atoms with Crippen LogP contribution in [0.2, 0.25) is 10.0 Å². The Hall–Kier alpha value is -10.9. The maximum Gasteiger partial charge on any atom is 0.277 e. The molecule has 4 N–H and O–H groups in total. The van der Waals surface area contributed by atoms with E-state index in [0.717, 1.165) is 193 Å². The van der Waals surface area contributed by atoms with Gasteiger partial charge in [-0.3, -0.25) is 39.6 Å². The molecule has 2 amide bonds. The van der Waals surface area contributed by atoms with E-state index in [9.17, 15) is 46.7 Å². The fraction of sp³-hybridized carbons (Fsp3) is 0.429. The number of nitrogens with one attached hydrogen (secondary N) is 4. The van der Waals surface area contributed by atoms with Crippen molar-refractivity contribution in [2.45, 2.75) is 166 Å². The van der Waals surface area contributed by atoms with Gasteiger partial charge in [0.2, 0.25) is 0 Å². The summed E-state index contributed by atoms with van der Waals surface area (Å²) < 4.78 is 90.9. The van der Waals surface area contributed by atoms with Gasteiger partial charge in [0, 0.05) is 152 Å². The van der Waals surface area contributed by atoms with Crippen LogP contribution in [0.5, 0.6) is 34.5 Å². The van der Waals surface area contributed by atoms with E-state index in [1.54, 1.807) is 60.9 Å². The Balaban J connectivity index is 0.000000181. The molecule has 31 heteroatoms. The Morgan fingerprint density at radius 3 is 1.40 bits per heavy atom. The molecule has 0 spiro atoms. The minimum absolute atomic E-state index is 0.0312. The summed E-state index contributed by atoms with van der Waals surface area (Å²) in [4.78, 5) is 75.2. The number of sulfonamides is 2. The second kappa shape index (κ2) is 38.6. The van der Waals surface area contributed by atoms with Crippen LogP contribution in [0.4, 0.5) is 22.7 Å². The van der Waals surface area contributed by atoms with E-state index in [0.29, 0.717) is 65.9 Å². The van der Waals surface area contributed by atoms with Gasteiger partial charge >= 0.3 is 0 Å². The molecule has 4 aliphatic heterocycles. The average Bonchev–Trinajstić information content (AvgIpc) is 1.20. The normalized spacial score (nSPS) is 19.5. The number of aromatic nitrogens is 4. The van der Waals surface area contributed by atoms with Crippen molar-refractivity contribution in [3.05, 3.63) is 233 Å². The van der Waals surface area contributed by atoms with Crippen LogP contribution in [0, 0.1) is 48.8 Å². The van der Waals surface area contributed by atoms with E-state index in [-0.39, 0.29) is 80.9 Å². The summed E-state index contributed by atoms with van der Waals surface area (Å²) in [5.41, 5.74) is 11.5. The molecule has 18 rings (SSSR count). The number of carbonyl (C=O) groups excluding carboxylic acids is 2. The summed E-state index contributed by atoms with van der Waals surface area (Å²) in [7, 11) is -9.24. The molecule has 10 aromatic rings. The summed E-state index contributed by atoms with van der Waals surface area (Å²) >= 11 is 12.5. The molecule has 129 heavy (non-hydrogen) atoms. The van der Waals surface area contributed by atoms with Crippen LogP contribution in [-0.4, -0.2) is 160 Å². The molecule has 6 aromatic carbocycles. The molecular formula is C98H110Cl2N12O15S2. The SMILES string of the molecule is CC1(C)CCC(CN2CCN(c3ccc(C(=O)NS(=O)(=O)c4cc5c(c([N+](=O)[O-])c4)C[C@@H](CC4CCCCC4)CO5)c(Oc4cnc5[nH]ccc5c4)c3)CC2)=C(c2ccc(Cl)cc2)C1.CC1(C)CCC(CN2CCN(c3ccc(C(=O)NS(=O)(=O)c4cc5c(c([N+](=O)[O-])c4)C[C@@H](COC4CCCCC4)CO5)c(Oc4cnc5[nH]ccc5c4)c3)CC2)=C(c2ccc(Cl)cc2)C1. The first kappa shape index (κ1) is 90.0. The number of pyridine rings is 2. The zero-order valence-electron chi connectivity index (χ0n) is 73.2. The van der Waals surface area contributed by atoms with E-state index < -0.39 is 51.5 Å². The molecule has 0 radical (unpaired) electrons. The Labute approximate surface area is 762 Å². The number of aromatic amines is 2. The molecule has 2 saturated heterocycles. The predicted octanol–water partition coefficient (Wildman–Crippen LogP) is 20.1. The molecule has 2 saturated carbocycles. The number of rotatable bonds is 25. The first-order valence-corrected chi connectivity index (χ1v) is 48.8. The van der Waals surface area contributed by atoms with Gasteiger partial charge in [-0.1, -0.05) is 138 Å². The van der Waals surface area contributed by atoms with Crippen LogP contribution in [0.15, 0.2) is 179 Å². The van der Waals surface area contributed by atoms with Gasteiger partial charge in [-0.25, -0.2) is 36.2 Å². The van der Waals surface area contributed by atoms with Crippen LogP contribution in [-0.2, 0) is 37.6 Å². The van der Waals surface area contributed by atoms with Gasteiger partial charge in [0.05, 0.1) is 80.2 Å². The summed E-state index contributed by atoms with van der Waals surface area (Å²) in [6.07, 6.45) is 26.2. The molecule has 2 atom stereocenters. The number of carbonyl (C=O) groups is 2. The predicted molar refractivity (Wildman–Crippen MR) is 499 cm³/mol. The summed E-state index contributed by atoms with van der Waals surface area (Å²) in [6, 6.07) is 38.4. The fourth-order valence-electron chi connectivity index (χ4n) is 19.7. The number of allylic oxidation sites excluding steroid dienone is 2. The second-order valence-electron chi connectivity index (χ2n) is 37.4. The summed E-state index contributed by atoms with van der Waals surface area (Å²) in [5.74, 6) is -0.138. The van der Waals surface area contributed by atoms with E-state index in [2.05, 4.69) is 101 Å². The molecular weight excluding hydrogens is 1720 g/mol. The number of hydrogen-bond donors (Lipinski definition) is 4. The van der Waals surface area contributed by atoms with E-state index >= 15 is 0 Å². The van der Waals surface area contributed by atoms with Crippen LogP contribution in [0.25, 0.3) is 33.2 Å². The molecule has 0 unspecified atom stereocenters. The number of benzene rings is 6. The van der Waals surface area contributed by atoms with Crippen molar-refractivity contribution >= 4 is 111 Å². The zero-order valence-corrected chi connectivity index (χ0v) is 76.4. The first-order chi connectivity index (χ1) is 62.0. The number of nitro benzene ring substituents is 2. The van der Waals surface area contributed by atoms with E-state index in [1.165, 1.54) is 83.6 Å². The van der Waals surface area contributed by atoms with Gasteiger partial charge in [0.1, 0.15) is 45.8 Å². The quantitative estimate of drug-likeness (QED) is 0.0305. The van der Waals surface area contributed by atoms with Crippen molar-refractivity contribution in [2.24, 2.45) is 28.6 Å². The van der Waals surface area contributed by atoms with Crippen LogP contribution < -0.4 is 38.2 Å². The van der Waals surface area contributed by atoms with Gasteiger partial charge in [-0.2, -0.15) is 0 Å². The van der Waals surface area contributed by atoms with E-state index in [1.807, 2.05) is 36.4 Å². The summed E-state index contributed by atoms with van der Waals surface area (Å²) in [6.45, 7) is 18.3. The Morgan fingerprint density at radius 1 is 0.527 bits per heavy atom. The molecule has 8 heterocycles. The average molecular weight is 1830 g/mol. The third kappa shape index (κ3) is 21.6. The van der Waals surface area contributed by atoms with Crippen molar-refractivity contribution in [3.63, 3.8) is 0 Å². The van der Waals surface area contributed by atoms with Crippen molar-refractivity contribution in [1.82, 2.24) is 39.2 Å². The van der Waals surface area contributed by atoms with Gasteiger partial charge in [0.25, 0.3) is 43.2 Å². The minimum atomic E-state index is -4.63. The minimum Gasteiger partial charge on any atom is -0.493 e. The Kier molecular flexibility index (Phi) is 27.0. The molecule has 4 fully saturated rings. The lowest BCUT2D eigenvalue weighted by Gasteiger charge is -2.39. The van der Waals surface area contributed by atoms with Gasteiger partial charge < -0.3 is 43.5 Å². The number of nitro groups is 2. The summed E-state index contributed by atoms with van der Waals surface area (Å²) in [5, 5.41) is 27.8. The van der Waals surface area contributed by atoms with Crippen LogP contribution in [0.3, 0.4) is 0 Å². The number of ether oxygens (including phenoxy) is 5. The molecule has 27 nitrogen and oxygen atoms in total. The van der Waals surface area contributed by atoms with Crippen molar-refractivity contribution in [1.29, 1.82) is 0 Å². The lowest BCUT2D eigenvalue weighted by molar-refractivity contribution is -0.386. The third-order valence-corrected chi connectivity index (χ3v) is 30.0. The maximum atomic E-state index is 14.1. The van der Waals surface area contributed by atoms with Crippen molar-refractivity contribution in [2.75, 3.05) is 95.1 Å². The monoisotopic (exact) mass is 1830 g/mol. The fourth-order valence-corrected chi connectivity index (χ4v) is 22.0. The largest absolute Gasteiger partial charge is 0.493 e. The molecule has 4 aromatic heterocycles. The lowest BCUT2D eigenvalue weighted by atomic mass is 9.72. The Morgan fingerprint density at radius 2 is 0.953 bits per heavy atom. The number of amides is 2.